The molecule has 19 N–H and O–H groups in total. The van der Waals surface area contributed by atoms with E-state index in [4.69, 9.17) is 46.0 Å². The third-order valence-corrected chi connectivity index (χ3v) is 12.9. The molecule has 26 heteroatoms. The van der Waals surface area contributed by atoms with Crippen molar-refractivity contribution >= 4 is 93.2 Å². The standard InChI is InChI=1S/C50H70ClN15O10/c1-27(67)62-36(15-8-20-60-50(56)57)46(74)64-37-16-17-43(71)58-18-7-14-35(44(53)72)63-45(73)30(21-31-26-61-34-13-5-3-11-32(31)34)24-40(68)29(10-6-19-59-49(54)55)23-41(69)38(22-28-9-2-4-12-33(28)51)65-48(76)39(25-42(52)70)66-47(37)75/h2-5,9,11-13,26,29-30,35-39,61H,6-8,10,14-25H2,1H3,(H2,52,70)(H2,53,72)(H,58,71)(H,62,67)(H,63,73)(H,64,74)(H,65,76)(H,66,75)(H4,54,55,59)(H4,56,57,60)/t29-,30-,35+,36+,37+,38-,39+/m1/s1. The lowest BCUT2D eigenvalue weighted by atomic mass is 9.83. The average Bonchev–Trinajstić information content (AvgIpc) is 3.76. The second kappa shape index (κ2) is 30.3. The minimum Gasteiger partial charge on any atom is -0.370 e. The van der Waals surface area contributed by atoms with E-state index in [1.54, 1.807) is 30.5 Å². The van der Waals surface area contributed by atoms with E-state index in [0.717, 1.165) is 10.9 Å². The first-order chi connectivity index (χ1) is 36.1. The number of guanidine groups is 2. The second-order valence-corrected chi connectivity index (χ2v) is 19.0. The van der Waals surface area contributed by atoms with Gasteiger partial charge in [0.05, 0.1) is 12.5 Å². The largest absolute Gasteiger partial charge is 0.370 e. The number of rotatable bonds is 18. The summed E-state index contributed by atoms with van der Waals surface area (Å²) in [7, 11) is 0. The highest BCUT2D eigenvalue weighted by Crippen LogP contribution is 2.27. The second-order valence-electron chi connectivity index (χ2n) is 18.6. The highest BCUT2D eigenvalue weighted by atomic mass is 35.5. The van der Waals surface area contributed by atoms with Crippen molar-refractivity contribution in [2.75, 3.05) is 19.6 Å². The van der Waals surface area contributed by atoms with Gasteiger partial charge in [0.2, 0.25) is 47.3 Å². The Hall–Kier alpha value is -8.09. The number of nitrogens with zero attached hydrogens (tertiary/aromatic N) is 2. The monoisotopic (exact) mass is 1080 g/mol. The molecule has 412 valence electrons. The van der Waals surface area contributed by atoms with Crippen LogP contribution in [0, 0.1) is 11.8 Å². The molecular formula is C50H70ClN15O10. The van der Waals surface area contributed by atoms with Gasteiger partial charge in [-0.3, -0.25) is 57.9 Å². The van der Waals surface area contributed by atoms with Gasteiger partial charge in [-0.15, -0.1) is 0 Å². The summed E-state index contributed by atoms with van der Waals surface area (Å²) in [6.07, 6.45) is -0.475. The molecule has 7 atom stereocenters. The summed E-state index contributed by atoms with van der Waals surface area (Å²) in [6, 6.07) is 6.50. The molecule has 1 saturated heterocycles. The van der Waals surface area contributed by atoms with Crippen molar-refractivity contribution in [1.29, 1.82) is 0 Å². The van der Waals surface area contributed by atoms with Gasteiger partial charge in [-0.25, -0.2) is 0 Å². The number of hydrogen-bond acceptors (Lipinski definition) is 12. The van der Waals surface area contributed by atoms with Crippen LogP contribution < -0.4 is 66.3 Å². The molecule has 76 heavy (non-hydrogen) atoms. The van der Waals surface area contributed by atoms with Crippen LogP contribution in [0.5, 0.6) is 0 Å². The van der Waals surface area contributed by atoms with Crippen molar-refractivity contribution in [2.24, 2.45) is 56.2 Å². The number of primary amides is 2. The Labute approximate surface area is 444 Å². The molecule has 2 aromatic carbocycles. The molecule has 0 aliphatic carbocycles. The number of para-hydroxylation sites is 1. The van der Waals surface area contributed by atoms with Crippen LogP contribution in [-0.2, 0) is 60.8 Å². The van der Waals surface area contributed by atoms with E-state index in [1.807, 2.05) is 24.3 Å². The molecule has 1 aromatic heterocycles. The van der Waals surface area contributed by atoms with E-state index in [0.29, 0.717) is 11.1 Å². The summed E-state index contributed by atoms with van der Waals surface area (Å²) in [5.41, 5.74) is 35.2. The number of halogens is 1. The molecule has 0 bridgehead atoms. The average molecular weight is 1080 g/mol. The number of ketones is 2. The third kappa shape index (κ3) is 20.3. The number of H-pyrrole nitrogens is 1. The molecule has 25 nitrogen and oxygen atoms in total. The van der Waals surface area contributed by atoms with E-state index < -0.39 is 127 Å². The molecule has 3 aromatic rings. The normalized spacial score (nSPS) is 21.1. The Morgan fingerprint density at radius 3 is 2.07 bits per heavy atom. The number of aromatic amines is 1. The lowest BCUT2D eigenvalue weighted by Gasteiger charge is -2.27. The minimum atomic E-state index is -1.77. The quantitative estimate of drug-likeness (QED) is 0.0386. The zero-order valence-corrected chi connectivity index (χ0v) is 43.1. The Kier molecular flexibility index (Phi) is 24.1. The van der Waals surface area contributed by atoms with Crippen LogP contribution in [0.15, 0.2) is 64.7 Å². The number of nitrogens with two attached hydrogens (primary N) is 6. The van der Waals surface area contributed by atoms with Crippen LogP contribution in [0.25, 0.3) is 10.9 Å². The van der Waals surface area contributed by atoms with Gasteiger partial charge in [0.25, 0.3) is 0 Å². The summed E-state index contributed by atoms with van der Waals surface area (Å²) in [5.74, 6) is -10.6. The van der Waals surface area contributed by atoms with Crippen molar-refractivity contribution in [3.63, 3.8) is 0 Å². The molecule has 4 rings (SSSR count). The number of aromatic nitrogens is 1. The smallest absolute Gasteiger partial charge is 0.243 e. The fourth-order valence-electron chi connectivity index (χ4n) is 8.66. The predicted molar refractivity (Wildman–Crippen MR) is 283 cm³/mol. The summed E-state index contributed by atoms with van der Waals surface area (Å²) in [5, 5.41) is 16.5. The SMILES string of the molecule is CC(=O)N[C@@H](CCCN=C(N)N)C(=O)N[C@H]1CCC(=O)NCCC[C@@H](C(N)=O)NC(=O)[C@H](Cc2c[nH]c3ccccc23)CC(=O)[C@H](CCCN=C(N)N)CC(=O)[C@@H](Cc2ccccc2Cl)NC(=O)[C@H](CC(N)=O)NC1=O. The molecule has 8 amide bonds. The van der Waals surface area contributed by atoms with Gasteiger partial charge >= 0.3 is 0 Å². The number of nitrogens with one attached hydrogen (secondary N) is 7. The van der Waals surface area contributed by atoms with E-state index in [9.17, 15) is 47.9 Å². The molecule has 0 saturated carbocycles. The van der Waals surface area contributed by atoms with Crippen LogP contribution in [0.4, 0.5) is 0 Å². The number of aliphatic imine (C=N–C) groups is 2. The zero-order chi connectivity index (χ0) is 55.9. The fraction of sp³-hybridized carbons (Fsp3) is 0.480. The van der Waals surface area contributed by atoms with Gasteiger partial charge < -0.3 is 71.3 Å². The van der Waals surface area contributed by atoms with Gasteiger partial charge in [-0.1, -0.05) is 48.0 Å². The number of benzene rings is 2. The first-order valence-corrected chi connectivity index (χ1v) is 25.3. The molecule has 0 spiro atoms. The van der Waals surface area contributed by atoms with Crippen molar-refractivity contribution < 1.29 is 47.9 Å². The number of fused-ring (bicyclic) bond motifs is 1. The molecule has 2 heterocycles. The first-order valence-electron chi connectivity index (χ1n) is 24.9. The molecule has 1 aliphatic heterocycles. The Balaban J connectivity index is 1.79. The van der Waals surface area contributed by atoms with Gasteiger partial charge in [-0.2, -0.15) is 0 Å². The van der Waals surface area contributed by atoms with Crippen LogP contribution in [0.1, 0.15) is 88.7 Å². The topological polar surface area (TPSA) is 440 Å². The summed E-state index contributed by atoms with van der Waals surface area (Å²) in [4.78, 5) is 148. The number of carbonyl (C=O) groups is 10. The maximum absolute atomic E-state index is 14.8. The number of hydrogen-bond donors (Lipinski definition) is 13. The number of amides is 8. The van der Waals surface area contributed by atoms with Crippen molar-refractivity contribution in [3.8, 4) is 0 Å². The summed E-state index contributed by atoms with van der Waals surface area (Å²) < 4.78 is 0. The first kappa shape index (κ1) is 60.5. The molecule has 1 aliphatic rings. The summed E-state index contributed by atoms with van der Waals surface area (Å²) >= 11 is 6.56. The third-order valence-electron chi connectivity index (χ3n) is 12.6. The Bertz CT molecular complexity index is 2630. The zero-order valence-electron chi connectivity index (χ0n) is 42.4. The highest BCUT2D eigenvalue weighted by molar-refractivity contribution is 6.31. The lowest BCUT2D eigenvalue weighted by molar-refractivity contribution is -0.136. The van der Waals surface area contributed by atoms with Crippen LogP contribution >= 0.6 is 11.6 Å². The van der Waals surface area contributed by atoms with Crippen LogP contribution in [0.3, 0.4) is 0 Å². The minimum absolute atomic E-state index is 0.00476. The molecule has 0 radical (unpaired) electrons. The van der Waals surface area contributed by atoms with Gasteiger partial charge in [0.15, 0.2) is 17.7 Å². The Morgan fingerprint density at radius 1 is 0.737 bits per heavy atom. The molecular weight excluding hydrogens is 1010 g/mol. The van der Waals surface area contributed by atoms with Crippen molar-refractivity contribution in [2.45, 2.75) is 121 Å². The summed E-state index contributed by atoms with van der Waals surface area (Å²) in [6.45, 7) is 1.30. The fourth-order valence-corrected chi connectivity index (χ4v) is 8.87. The van der Waals surface area contributed by atoms with Crippen LogP contribution in [-0.4, -0.2) is 126 Å². The van der Waals surface area contributed by atoms with Crippen LogP contribution in [0.2, 0.25) is 5.02 Å². The number of carbonyl (C=O) groups excluding carboxylic acids is 10. The van der Waals surface area contributed by atoms with E-state index in [1.165, 1.54) is 6.92 Å². The van der Waals surface area contributed by atoms with Crippen molar-refractivity contribution in [1.82, 2.24) is 36.9 Å². The van der Waals surface area contributed by atoms with E-state index in [2.05, 4.69) is 46.9 Å². The van der Waals surface area contributed by atoms with Gasteiger partial charge in [0, 0.05) is 86.2 Å². The van der Waals surface area contributed by atoms with E-state index in [-0.39, 0.29) is 94.4 Å². The number of Topliss-reactive ketones (excluding diaryl/α,β-unsaturated/α-hetero) is 2. The molecule has 1 fully saturated rings. The predicted octanol–water partition coefficient (Wildman–Crippen LogP) is -1.64. The maximum Gasteiger partial charge on any atom is 0.243 e. The highest BCUT2D eigenvalue weighted by Gasteiger charge is 2.36. The Morgan fingerprint density at radius 2 is 1.39 bits per heavy atom. The van der Waals surface area contributed by atoms with Crippen molar-refractivity contribution in [3.05, 3.63) is 70.9 Å². The van der Waals surface area contributed by atoms with Gasteiger partial charge in [0.1, 0.15) is 30.0 Å². The maximum atomic E-state index is 14.8. The molecule has 0 unspecified atom stereocenters. The lowest BCUT2D eigenvalue weighted by Crippen LogP contribution is -2.58. The van der Waals surface area contributed by atoms with Gasteiger partial charge in [-0.05, 0) is 74.6 Å². The van der Waals surface area contributed by atoms with E-state index >= 15 is 0 Å².